The number of nitrogens with zero attached hydrogens (tertiary/aromatic N) is 1. The molecule has 20 heavy (non-hydrogen) atoms. The van der Waals surface area contributed by atoms with Gasteiger partial charge in [-0.05, 0) is 23.1 Å². The second kappa shape index (κ2) is 5.35. The van der Waals surface area contributed by atoms with Crippen molar-refractivity contribution >= 4 is 27.9 Å². The van der Waals surface area contributed by atoms with Crippen molar-refractivity contribution in [1.29, 1.82) is 5.26 Å². The lowest BCUT2D eigenvalue weighted by molar-refractivity contribution is -0.116. The molecule has 1 unspecified atom stereocenters. The summed E-state index contributed by atoms with van der Waals surface area (Å²) in [5.41, 5.74) is 2.82. The van der Waals surface area contributed by atoms with Crippen LogP contribution in [0.2, 0.25) is 0 Å². The van der Waals surface area contributed by atoms with Gasteiger partial charge < -0.3 is 10.6 Å². The van der Waals surface area contributed by atoms with E-state index in [-0.39, 0.29) is 11.8 Å². The molecule has 1 atom stereocenters. The highest BCUT2D eigenvalue weighted by Gasteiger charge is 2.24. The molecule has 0 saturated carbocycles. The van der Waals surface area contributed by atoms with Gasteiger partial charge in [0.1, 0.15) is 11.1 Å². The van der Waals surface area contributed by atoms with Gasteiger partial charge in [0.25, 0.3) is 0 Å². The summed E-state index contributed by atoms with van der Waals surface area (Å²) < 4.78 is 0. The van der Waals surface area contributed by atoms with Crippen LogP contribution in [0.5, 0.6) is 0 Å². The van der Waals surface area contributed by atoms with Crippen LogP contribution in [0.4, 0.5) is 10.7 Å². The van der Waals surface area contributed by atoms with Crippen molar-refractivity contribution in [3.8, 4) is 6.07 Å². The number of carbonyl (C=O) groups is 1. The van der Waals surface area contributed by atoms with Crippen LogP contribution < -0.4 is 10.6 Å². The average molecular weight is 283 g/mol. The number of nitriles is 1. The number of fused-ring (bicyclic) bond motifs is 1. The number of hydrogen-bond donors (Lipinski definition) is 2. The third kappa shape index (κ3) is 2.38. The molecule has 1 aliphatic heterocycles. The Bertz CT molecular complexity index is 686. The molecule has 1 aromatic carbocycles. The molecule has 2 aromatic rings. The van der Waals surface area contributed by atoms with E-state index in [4.69, 9.17) is 5.26 Å². The predicted molar refractivity (Wildman–Crippen MR) is 80.0 cm³/mol. The Hall–Kier alpha value is -2.32. The fourth-order valence-electron chi connectivity index (χ4n) is 2.43. The molecule has 1 amide bonds. The largest absolute Gasteiger partial charge is 0.384 e. The summed E-state index contributed by atoms with van der Waals surface area (Å²) in [7, 11) is 0. The Labute approximate surface area is 121 Å². The Balaban J connectivity index is 1.68. The first-order chi connectivity index (χ1) is 9.78. The van der Waals surface area contributed by atoms with Gasteiger partial charge in [-0.3, -0.25) is 4.79 Å². The lowest BCUT2D eigenvalue weighted by Gasteiger charge is -2.10. The Morgan fingerprint density at radius 3 is 3.15 bits per heavy atom. The quantitative estimate of drug-likeness (QED) is 0.909. The zero-order valence-corrected chi connectivity index (χ0v) is 11.5. The van der Waals surface area contributed by atoms with Crippen molar-refractivity contribution < 1.29 is 4.79 Å². The van der Waals surface area contributed by atoms with Gasteiger partial charge in [0.05, 0.1) is 5.56 Å². The first-order valence-electron chi connectivity index (χ1n) is 6.38. The summed E-state index contributed by atoms with van der Waals surface area (Å²) in [5.74, 6) is 0.143. The predicted octanol–water partition coefficient (Wildman–Crippen LogP) is 3.16. The molecular formula is C15H13N3OS. The number of hydrogen-bond acceptors (Lipinski definition) is 4. The summed E-state index contributed by atoms with van der Waals surface area (Å²) >= 11 is 1.38. The summed E-state index contributed by atoms with van der Waals surface area (Å²) in [5, 5.41) is 17.5. The van der Waals surface area contributed by atoms with E-state index in [1.807, 2.05) is 18.2 Å². The number of anilines is 2. The highest BCUT2D eigenvalue weighted by Crippen LogP contribution is 2.33. The van der Waals surface area contributed by atoms with Gasteiger partial charge in [-0.1, -0.05) is 18.2 Å². The highest BCUT2D eigenvalue weighted by atomic mass is 32.1. The molecule has 0 radical (unpaired) electrons. The molecule has 0 bridgehead atoms. The number of benzene rings is 1. The molecule has 5 heteroatoms. The van der Waals surface area contributed by atoms with Crippen molar-refractivity contribution in [1.82, 2.24) is 0 Å². The Kier molecular flexibility index (Phi) is 3.40. The van der Waals surface area contributed by atoms with Gasteiger partial charge in [0.2, 0.25) is 5.91 Å². The first-order valence-corrected chi connectivity index (χ1v) is 7.26. The Morgan fingerprint density at radius 1 is 1.45 bits per heavy atom. The minimum absolute atomic E-state index is 0.0487. The van der Waals surface area contributed by atoms with Gasteiger partial charge in [-0.2, -0.15) is 5.26 Å². The van der Waals surface area contributed by atoms with E-state index < -0.39 is 0 Å². The lowest BCUT2D eigenvalue weighted by atomic mass is 9.97. The highest BCUT2D eigenvalue weighted by molar-refractivity contribution is 7.14. The molecule has 0 spiro atoms. The molecule has 0 aliphatic carbocycles. The standard InChI is InChI=1S/C15H13N3OS/c16-8-10-5-6-20-15(10)18-14(19)7-11-9-17-13-4-2-1-3-12(11)13/h1-6,11,17H,7,9H2,(H,18,19). The van der Waals surface area contributed by atoms with Gasteiger partial charge in [0, 0.05) is 24.6 Å². The number of carbonyl (C=O) groups excluding carboxylic acids is 1. The van der Waals surface area contributed by atoms with E-state index >= 15 is 0 Å². The molecule has 0 fully saturated rings. The second-order valence-electron chi connectivity index (χ2n) is 4.69. The number of nitrogens with one attached hydrogen (secondary N) is 2. The summed E-state index contributed by atoms with van der Waals surface area (Å²) in [4.78, 5) is 12.1. The van der Waals surface area contributed by atoms with Crippen LogP contribution in [0, 0.1) is 11.3 Å². The van der Waals surface area contributed by atoms with Gasteiger partial charge in [-0.25, -0.2) is 0 Å². The zero-order chi connectivity index (χ0) is 13.9. The van der Waals surface area contributed by atoms with E-state index in [2.05, 4.69) is 22.8 Å². The van der Waals surface area contributed by atoms with Crippen LogP contribution >= 0.6 is 11.3 Å². The maximum Gasteiger partial charge on any atom is 0.225 e. The molecular weight excluding hydrogens is 270 g/mol. The molecule has 1 aliphatic rings. The van der Waals surface area contributed by atoms with Crippen molar-refractivity contribution in [2.24, 2.45) is 0 Å². The van der Waals surface area contributed by atoms with Crippen LogP contribution in [0.15, 0.2) is 35.7 Å². The van der Waals surface area contributed by atoms with Crippen molar-refractivity contribution in [2.45, 2.75) is 12.3 Å². The SMILES string of the molecule is N#Cc1ccsc1NC(=O)CC1CNc2ccccc21. The second-order valence-corrected chi connectivity index (χ2v) is 5.61. The van der Waals surface area contributed by atoms with Crippen LogP contribution in [-0.4, -0.2) is 12.5 Å². The van der Waals surface area contributed by atoms with Crippen molar-refractivity contribution in [3.05, 3.63) is 46.8 Å². The van der Waals surface area contributed by atoms with Crippen molar-refractivity contribution in [3.63, 3.8) is 0 Å². The van der Waals surface area contributed by atoms with Gasteiger partial charge in [0.15, 0.2) is 0 Å². The summed E-state index contributed by atoms with van der Waals surface area (Å²) in [6, 6.07) is 11.8. The molecule has 1 aromatic heterocycles. The molecule has 100 valence electrons. The van der Waals surface area contributed by atoms with E-state index in [1.54, 1.807) is 11.4 Å². The van der Waals surface area contributed by atoms with E-state index in [9.17, 15) is 4.79 Å². The summed E-state index contributed by atoms with van der Waals surface area (Å²) in [6.45, 7) is 0.780. The Morgan fingerprint density at radius 2 is 2.30 bits per heavy atom. The number of rotatable bonds is 3. The fraction of sp³-hybridized carbons (Fsp3) is 0.200. The average Bonchev–Trinajstić information content (AvgIpc) is 3.06. The zero-order valence-electron chi connectivity index (χ0n) is 10.7. The molecule has 4 nitrogen and oxygen atoms in total. The molecule has 0 saturated heterocycles. The van der Waals surface area contributed by atoms with Gasteiger partial charge in [-0.15, -0.1) is 11.3 Å². The lowest BCUT2D eigenvalue weighted by Crippen LogP contribution is -2.16. The smallest absolute Gasteiger partial charge is 0.225 e. The van der Waals surface area contributed by atoms with Crippen LogP contribution in [-0.2, 0) is 4.79 Å². The van der Waals surface area contributed by atoms with E-state index in [0.29, 0.717) is 17.0 Å². The van der Waals surface area contributed by atoms with Crippen molar-refractivity contribution in [2.75, 3.05) is 17.2 Å². The van der Waals surface area contributed by atoms with E-state index in [0.717, 1.165) is 12.2 Å². The van der Waals surface area contributed by atoms with E-state index in [1.165, 1.54) is 16.9 Å². The van der Waals surface area contributed by atoms with Crippen LogP contribution in [0.3, 0.4) is 0 Å². The topological polar surface area (TPSA) is 64.9 Å². The third-order valence-electron chi connectivity index (χ3n) is 3.41. The normalized spacial score (nSPS) is 16.1. The molecule has 2 N–H and O–H groups in total. The van der Waals surface area contributed by atoms with Crippen LogP contribution in [0.1, 0.15) is 23.5 Å². The fourth-order valence-corrected chi connectivity index (χ4v) is 3.19. The number of amides is 1. The minimum atomic E-state index is -0.0487. The third-order valence-corrected chi connectivity index (χ3v) is 4.24. The van der Waals surface area contributed by atoms with Crippen LogP contribution in [0.25, 0.3) is 0 Å². The number of para-hydroxylation sites is 1. The maximum absolute atomic E-state index is 12.1. The molecule has 2 heterocycles. The maximum atomic E-state index is 12.1. The monoisotopic (exact) mass is 283 g/mol. The molecule has 3 rings (SSSR count). The summed E-state index contributed by atoms with van der Waals surface area (Å²) in [6.07, 6.45) is 0.423. The number of thiophene rings is 1. The van der Waals surface area contributed by atoms with Gasteiger partial charge >= 0.3 is 0 Å². The first kappa shape index (κ1) is 12.7. The minimum Gasteiger partial charge on any atom is -0.384 e.